The Morgan fingerprint density at radius 2 is 2.33 bits per heavy atom. The molecule has 1 aromatic carbocycles. The summed E-state index contributed by atoms with van der Waals surface area (Å²) in [5, 5.41) is 18.0. The number of hydrogen-bond acceptors (Lipinski definition) is 2. The van der Waals surface area contributed by atoms with Gasteiger partial charge in [-0.1, -0.05) is 25.1 Å². The van der Waals surface area contributed by atoms with Crippen molar-refractivity contribution in [2.75, 3.05) is 0 Å². The first-order valence-electron chi connectivity index (χ1n) is 6.04. The van der Waals surface area contributed by atoms with Gasteiger partial charge in [0.2, 0.25) is 0 Å². The van der Waals surface area contributed by atoms with Crippen LogP contribution in [0.2, 0.25) is 0 Å². The molecule has 0 saturated heterocycles. The van der Waals surface area contributed by atoms with Crippen LogP contribution in [0.4, 0.5) is 0 Å². The Labute approximate surface area is 80.0 Å². The molecule has 3 heteroatoms. The van der Waals surface area contributed by atoms with Gasteiger partial charge in [0.25, 0.3) is 0 Å². The molecule has 64 valence electrons. The Bertz CT molecular complexity index is 416. The van der Waals surface area contributed by atoms with E-state index in [2.05, 4.69) is 0 Å². The zero-order valence-corrected chi connectivity index (χ0v) is 6.70. The summed E-state index contributed by atoms with van der Waals surface area (Å²) in [6.45, 7) is -1.23. The maximum absolute atomic E-state index is 9.00. The van der Waals surface area contributed by atoms with Crippen molar-refractivity contribution in [1.29, 1.82) is 0 Å². The van der Waals surface area contributed by atoms with Crippen LogP contribution in [0.5, 0.6) is 0 Å². The van der Waals surface area contributed by atoms with Crippen LogP contribution >= 0.6 is 0 Å². The topological polar surface area (TPSA) is 40.5 Å². The highest BCUT2D eigenvalue weighted by Gasteiger charge is 2.11. The largest absolute Gasteiger partial charge is 0.488 e. The molecule has 0 aliphatic heterocycles. The first-order chi connectivity index (χ1) is 7.57. The third kappa shape index (κ3) is 1.87. The highest BCUT2D eigenvalue weighted by Crippen LogP contribution is 2.05. The Balaban J connectivity index is 3.35. The second-order valence-electron chi connectivity index (χ2n) is 2.57. The monoisotopic (exact) mass is 169 g/mol. The van der Waals surface area contributed by atoms with Crippen molar-refractivity contribution >= 4 is 12.6 Å². The zero-order valence-electron chi connectivity index (χ0n) is 11.7. The normalized spacial score (nSPS) is 18.4. The van der Waals surface area contributed by atoms with Crippen molar-refractivity contribution < 1.29 is 16.9 Å². The predicted molar refractivity (Wildman–Crippen MR) is 50.4 cm³/mol. The van der Waals surface area contributed by atoms with Crippen molar-refractivity contribution in [3.63, 3.8) is 0 Å². The number of aryl methyl sites for hydroxylation is 2. The summed E-state index contributed by atoms with van der Waals surface area (Å²) < 4.78 is 36.8. The van der Waals surface area contributed by atoms with Gasteiger partial charge in [0, 0.05) is 6.85 Å². The summed E-state index contributed by atoms with van der Waals surface area (Å²) in [6.07, 6.45) is -2.53. The summed E-state index contributed by atoms with van der Waals surface area (Å²) in [6, 6.07) is 4.05. The maximum atomic E-state index is 9.00. The van der Waals surface area contributed by atoms with Gasteiger partial charge < -0.3 is 10.0 Å². The molecular weight excluding hydrogens is 151 g/mol. The molecule has 0 bridgehead atoms. The van der Waals surface area contributed by atoms with Crippen LogP contribution in [0, 0.1) is 6.92 Å². The maximum Gasteiger partial charge on any atom is 0.488 e. The van der Waals surface area contributed by atoms with Gasteiger partial charge in [0.15, 0.2) is 0 Å². The van der Waals surface area contributed by atoms with E-state index in [4.69, 9.17) is 16.9 Å². The average molecular weight is 169 g/mol. The van der Waals surface area contributed by atoms with Crippen molar-refractivity contribution in [1.82, 2.24) is 0 Å². The second kappa shape index (κ2) is 3.74. The number of rotatable bonds is 2. The van der Waals surface area contributed by atoms with E-state index >= 15 is 0 Å². The van der Waals surface area contributed by atoms with E-state index in [1.165, 1.54) is 18.2 Å². The lowest BCUT2D eigenvalue weighted by Gasteiger charge is -2.05. The van der Waals surface area contributed by atoms with Gasteiger partial charge in [-0.15, -0.1) is 0 Å². The third-order valence-corrected chi connectivity index (χ3v) is 1.69. The van der Waals surface area contributed by atoms with Crippen LogP contribution in [0.25, 0.3) is 0 Å². The molecule has 0 fully saturated rings. The van der Waals surface area contributed by atoms with Gasteiger partial charge in [-0.05, 0) is 29.9 Å². The number of benzene rings is 1. The molecule has 0 atom stereocenters. The minimum atomic E-state index is -2.81. The fourth-order valence-corrected chi connectivity index (χ4v) is 0.935. The van der Waals surface area contributed by atoms with Gasteiger partial charge >= 0.3 is 7.12 Å². The van der Waals surface area contributed by atoms with E-state index in [1.807, 2.05) is 0 Å². The summed E-state index contributed by atoms with van der Waals surface area (Å²) in [4.78, 5) is 0. The van der Waals surface area contributed by atoms with Crippen molar-refractivity contribution in [3.8, 4) is 0 Å². The molecule has 12 heavy (non-hydrogen) atoms. The van der Waals surface area contributed by atoms with Gasteiger partial charge in [-0.2, -0.15) is 0 Å². The van der Waals surface area contributed by atoms with Crippen LogP contribution in [-0.4, -0.2) is 17.2 Å². The Kier molecular flexibility index (Phi) is 1.38. The smallest absolute Gasteiger partial charge is 0.423 e. The molecule has 2 N–H and O–H groups in total. The molecule has 0 spiro atoms. The molecule has 1 rings (SSSR count). The van der Waals surface area contributed by atoms with E-state index < -0.39 is 20.3 Å². The van der Waals surface area contributed by atoms with Crippen LogP contribution in [0.3, 0.4) is 0 Å². The minimum Gasteiger partial charge on any atom is -0.423 e. The fourth-order valence-electron chi connectivity index (χ4n) is 0.935. The van der Waals surface area contributed by atoms with Crippen LogP contribution in [0.15, 0.2) is 18.2 Å². The first-order valence-corrected chi connectivity index (χ1v) is 3.54. The van der Waals surface area contributed by atoms with Crippen LogP contribution in [-0.2, 0) is 6.37 Å². The van der Waals surface area contributed by atoms with Gasteiger partial charge in [-0.25, -0.2) is 0 Å². The molecule has 0 aromatic heterocycles. The van der Waals surface area contributed by atoms with E-state index in [1.54, 1.807) is 6.92 Å². The molecule has 0 amide bonds. The third-order valence-electron chi connectivity index (χ3n) is 1.69. The summed E-state index contributed by atoms with van der Waals surface area (Å²) in [7, 11) is -1.75. The Morgan fingerprint density at radius 3 is 2.92 bits per heavy atom. The predicted octanol–water partition coefficient (Wildman–Crippen LogP) is 0.237. The molecule has 2 nitrogen and oxygen atoms in total. The van der Waals surface area contributed by atoms with E-state index in [0.29, 0.717) is 5.56 Å². The lowest BCUT2D eigenvalue weighted by molar-refractivity contribution is 0.425. The summed E-state index contributed by atoms with van der Waals surface area (Å²) in [5.41, 5.74) is 0.470. The van der Waals surface area contributed by atoms with E-state index in [0.717, 1.165) is 0 Å². The van der Waals surface area contributed by atoms with Gasteiger partial charge in [0.1, 0.15) is 0 Å². The lowest BCUT2D eigenvalue weighted by Crippen LogP contribution is -2.30. The fraction of sp³-hybridized carbons (Fsp3) is 0.333. The standard InChI is InChI=1S/C9H13BO2/c1-3-8-6-9(10(11)12)5-4-7(8)2/h4-6,11-12H,3H2,1-2H3/i1D3,3D2. The molecule has 0 saturated carbocycles. The summed E-state index contributed by atoms with van der Waals surface area (Å²) in [5.74, 6) is 0. The van der Waals surface area contributed by atoms with Crippen molar-refractivity contribution in [2.24, 2.45) is 0 Å². The number of hydrogen-bond donors (Lipinski definition) is 2. The van der Waals surface area contributed by atoms with Crippen molar-refractivity contribution in [2.45, 2.75) is 20.1 Å². The SMILES string of the molecule is [2H]C([2H])([2H])C([2H])([2H])c1cc(B(O)O)ccc1C. The quantitative estimate of drug-likeness (QED) is 0.622. The van der Waals surface area contributed by atoms with Crippen LogP contribution in [0.1, 0.15) is 24.8 Å². The van der Waals surface area contributed by atoms with Gasteiger partial charge in [0.05, 0.1) is 0 Å². The van der Waals surface area contributed by atoms with Crippen molar-refractivity contribution in [3.05, 3.63) is 29.3 Å². The molecule has 0 aliphatic carbocycles. The average Bonchev–Trinajstić information content (AvgIpc) is 2.15. The van der Waals surface area contributed by atoms with Crippen LogP contribution < -0.4 is 5.46 Å². The molecule has 0 unspecified atom stereocenters. The minimum absolute atomic E-state index is 0.0527. The second-order valence-corrected chi connectivity index (χ2v) is 2.57. The van der Waals surface area contributed by atoms with E-state index in [-0.39, 0.29) is 11.0 Å². The Morgan fingerprint density at radius 1 is 1.58 bits per heavy atom. The Hall–Kier alpha value is -0.795. The highest BCUT2D eigenvalue weighted by atomic mass is 16.4. The van der Waals surface area contributed by atoms with Gasteiger partial charge in [-0.3, -0.25) is 0 Å². The molecule has 0 radical (unpaired) electrons. The highest BCUT2D eigenvalue weighted by molar-refractivity contribution is 6.58. The molecule has 1 aromatic rings. The molecular formula is C9H13BO2. The zero-order chi connectivity index (χ0) is 13.4. The molecule has 0 aliphatic rings. The van der Waals surface area contributed by atoms with E-state index in [9.17, 15) is 0 Å². The first kappa shape index (κ1) is 4.44. The molecule has 0 heterocycles. The lowest BCUT2D eigenvalue weighted by atomic mass is 9.79. The summed E-state index contributed by atoms with van der Waals surface area (Å²) >= 11 is 0.